The maximum absolute atomic E-state index is 13.1. The summed E-state index contributed by atoms with van der Waals surface area (Å²) in [6, 6.07) is 11.0. The van der Waals surface area contributed by atoms with Crippen molar-refractivity contribution in [3.8, 4) is 5.75 Å². The van der Waals surface area contributed by atoms with E-state index in [9.17, 15) is 14.7 Å². The van der Waals surface area contributed by atoms with Crippen molar-refractivity contribution >= 4 is 54.2 Å². The number of benzene rings is 2. The summed E-state index contributed by atoms with van der Waals surface area (Å²) in [4.78, 5) is 25.9. The van der Waals surface area contributed by atoms with Crippen LogP contribution in [0.5, 0.6) is 5.75 Å². The highest BCUT2D eigenvalue weighted by molar-refractivity contribution is 9.12. The lowest BCUT2D eigenvalue weighted by Crippen LogP contribution is -2.52. The monoisotopic (exact) mass is 486 g/mol. The summed E-state index contributed by atoms with van der Waals surface area (Å²) < 4.78 is -0.767. The van der Waals surface area contributed by atoms with Crippen LogP contribution in [0.15, 0.2) is 71.3 Å². The second kappa shape index (κ2) is 6.57. The molecular weight excluding hydrogens is 472 g/mol. The van der Waals surface area contributed by atoms with Gasteiger partial charge in [-0.2, -0.15) is 0 Å². The lowest BCUT2D eigenvalue weighted by atomic mass is 9.63. The van der Waals surface area contributed by atoms with E-state index in [1.165, 1.54) is 6.08 Å². The first kappa shape index (κ1) is 18.4. The summed E-state index contributed by atoms with van der Waals surface area (Å²) in [6.45, 7) is 3.93. The first-order valence-electron chi connectivity index (χ1n) is 8.57. The van der Waals surface area contributed by atoms with E-state index in [1.54, 1.807) is 12.1 Å². The number of phenols is 1. The van der Waals surface area contributed by atoms with Crippen LogP contribution in [-0.4, -0.2) is 21.0 Å². The minimum atomic E-state index is -1.08. The number of Topliss-reactive ketones (excluding diaryl/α,β-unsaturated/α-hetero) is 1. The molecule has 0 aliphatic heterocycles. The fourth-order valence-corrected chi connectivity index (χ4v) is 5.73. The third kappa shape index (κ3) is 2.59. The molecular formula is C22H16Br2O3. The number of ketones is 2. The van der Waals surface area contributed by atoms with Gasteiger partial charge in [0.15, 0.2) is 11.6 Å². The van der Waals surface area contributed by atoms with Gasteiger partial charge in [0.1, 0.15) is 10.1 Å². The molecule has 0 bridgehead atoms. The molecule has 2 aliphatic carbocycles. The molecule has 3 atom stereocenters. The number of allylic oxidation sites excluding steroid dienone is 5. The van der Waals surface area contributed by atoms with Crippen LogP contribution in [0.4, 0.5) is 0 Å². The van der Waals surface area contributed by atoms with Crippen LogP contribution in [0.3, 0.4) is 0 Å². The molecule has 27 heavy (non-hydrogen) atoms. The number of fused-ring (bicyclic) bond motifs is 2. The van der Waals surface area contributed by atoms with E-state index in [1.807, 2.05) is 36.4 Å². The standard InChI is InChI=1S/C22H16Br2O3/c1-2-12-7-9-16-21(27)17(23)11-19(26)22(16,24)20(12)15-8-10-18(25)14-6-4-3-5-13(14)15/h2-8,10-11,16,20,25H,1,9H2/t16-,20+,22+/m0/s1. The number of hydrogen-bond acceptors (Lipinski definition) is 3. The molecule has 0 radical (unpaired) electrons. The van der Waals surface area contributed by atoms with Gasteiger partial charge in [0.2, 0.25) is 0 Å². The lowest BCUT2D eigenvalue weighted by Gasteiger charge is -2.45. The Labute approximate surface area is 173 Å². The zero-order chi connectivity index (χ0) is 19.3. The van der Waals surface area contributed by atoms with Crippen molar-refractivity contribution in [1.82, 2.24) is 0 Å². The number of carbonyl (C=O) groups is 2. The number of alkyl halides is 1. The summed E-state index contributed by atoms with van der Waals surface area (Å²) in [5, 5.41) is 11.8. The zero-order valence-electron chi connectivity index (χ0n) is 14.3. The molecule has 2 aliphatic rings. The third-order valence-corrected chi connectivity index (χ3v) is 7.54. The van der Waals surface area contributed by atoms with Crippen LogP contribution in [0.1, 0.15) is 17.9 Å². The van der Waals surface area contributed by atoms with Gasteiger partial charge < -0.3 is 5.11 Å². The van der Waals surface area contributed by atoms with Crippen molar-refractivity contribution in [3.63, 3.8) is 0 Å². The molecule has 136 valence electrons. The fraction of sp³-hybridized carbons (Fsp3) is 0.182. The van der Waals surface area contributed by atoms with Crippen LogP contribution in [0, 0.1) is 5.92 Å². The van der Waals surface area contributed by atoms with Crippen LogP contribution in [0.2, 0.25) is 0 Å². The molecule has 5 heteroatoms. The Balaban J connectivity index is 2.03. The smallest absolute Gasteiger partial charge is 0.175 e. The maximum Gasteiger partial charge on any atom is 0.175 e. The molecule has 0 heterocycles. The highest BCUT2D eigenvalue weighted by Gasteiger charge is 2.56. The first-order valence-corrected chi connectivity index (χ1v) is 10.2. The van der Waals surface area contributed by atoms with Gasteiger partial charge in [0, 0.05) is 17.4 Å². The van der Waals surface area contributed by atoms with Crippen molar-refractivity contribution in [3.05, 3.63) is 76.8 Å². The number of rotatable bonds is 2. The molecule has 1 N–H and O–H groups in total. The predicted octanol–water partition coefficient (Wildman–Crippen LogP) is 5.33. The van der Waals surface area contributed by atoms with Crippen LogP contribution >= 0.6 is 31.9 Å². The summed E-state index contributed by atoms with van der Waals surface area (Å²) in [6.07, 6.45) is 5.57. The average Bonchev–Trinajstić information content (AvgIpc) is 2.67. The Kier molecular flexibility index (Phi) is 4.47. The SMILES string of the molecule is C=CC1=CC[C@H]2C(=O)C(Br)=CC(=O)[C@@]2(Br)[C@H]1c1ccc(O)c2ccccc12. The molecule has 0 unspecified atom stereocenters. The van der Waals surface area contributed by atoms with Crippen molar-refractivity contribution in [2.24, 2.45) is 5.92 Å². The number of halogens is 2. The van der Waals surface area contributed by atoms with Gasteiger partial charge in [-0.05, 0) is 44.9 Å². The zero-order valence-corrected chi connectivity index (χ0v) is 17.5. The number of aromatic hydroxyl groups is 1. The summed E-state index contributed by atoms with van der Waals surface area (Å²) in [7, 11) is 0. The molecule has 2 aromatic carbocycles. The van der Waals surface area contributed by atoms with E-state index in [0.29, 0.717) is 16.3 Å². The van der Waals surface area contributed by atoms with Gasteiger partial charge >= 0.3 is 0 Å². The van der Waals surface area contributed by atoms with E-state index in [0.717, 1.165) is 16.5 Å². The number of carbonyl (C=O) groups excluding carboxylic acids is 2. The third-order valence-electron chi connectivity index (χ3n) is 5.52. The van der Waals surface area contributed by atoms with E-state index >= 15 is 0 Å². The highest BCUT2D eigenvalue weighted by Crippen LogP contribution is 2.55. The average molecular weight is 488 g/mol. The molecule has 0 spiro atoms. The second-order valence-corrected chi connectivity index (χ2v) is 9.00. The van der Waals surface area contributed by atoms with Gasteiger partial charge in [-0.15, -0.1) is 0 Å². The Morgan fingerprint density at radius 1 is 1.15 bits per heavy atom. The van der Waals surface area contributed by atoms with Crippen molar-refractivity contribution in [1.29, 1.82) is 0 Å². The summed E-state index contributed by atoms with van der Waals surface area (Å²) in [5.41, 5.74) is 1.77. The van der Waals surface area contributed by atoms with Crippen LogP contribution in [0.25, 0.3) is 10.8 Å². The van der Waals surface area contributed by atoms with Crippen LogP contribution in [-0.2, 0) is 9.59 Å². The molecule has 0 aromatic heterocycles. The van der Waals surface area contributed by atoms with Gasteiger partial charge in [-0.1, -0.05) is 65.0 Å². The molecule has 3 nitrogen and oxygen atoms in total. The maximum atomic E-state index is 13.1. The predicted molar refractivity (Wildman–Crippen MR) is 113 cm³/mol. The van der Waals surface area contributed by atoms with E-state index < -0.39 is 16.2 Å². The van der Waals surface area contributed by atoms with Gasteiger partial charge in [0.05, 0.1) is 10.4 Å². The largest absolute Gasteiger partial charge is 0.507 e. The molecule has 4 rings (SSSR count). The molecule has 0 fully saturated rings. The topological polar surface area (TPSA) is 54.4 Å². The van der Waals surface area contributed by atoms with E-state index in [4.69, 9.17) is 0 Å². The Morgan fingerprint density at radius 3 is 2.56 bits per heavy atom. The normalized spacial score (nSPS) is 27.8. The molecule has 0 saturated heterocycles. The second-order valence-electron chi connectivity index (χ2n) is 6.84. The Hall–Kier alpha value is -1.98. The summed E-state index contributed by atoms with van der Waals surface area (Å²) >= 11 is 6.94. The molecule has 0 saturated carbocycles. The van der Waals surface area contributed by atoms with Gasteiger partial charge in [-0.3, -0.25) is 9.59 Å². The minimum Gasteiger partial charge on any atom is -0.507 e. The van der Waals surface area contributed by atoms with Crippen molar-refractivity contribution in [2.75, 3.05) is 0 Å². The quantitative estimate of drug-likeness (QED) is 0.583. The van der Waals surface area contributed by atoms with Gasteiger partial charge in [0.25, 0.3) is 0 Å². The van der Waals surface area contributed by atoms with Crippen LogP contribution < -0.4 is 0 Å². The van der Waals surface area contributed by atoms with Crippen molar-refractivity contribution < 1.29 is 14.7 Å². The fourth-order valence-electron chi connectivity index (χ4n) is 4.23. The number of phenolic OH excluding ortho intramolecular Hbond substituents is 1. The number of hydrogen-bond donors (Lipinski definition) is 1. The first-order chi connectivity index (χ1) is 12.9. The summed E-state index contributed by atoms with van der Waals surface area (Å²) in [5.74, 6) is -0.950. The molecule has 2 aromatic rings. The Morgan fingerprint density at radius 2 is 1.85 bits per heavy atom. The van der Waals surface area contributed by atoms with Gasteiger partial charge in [-0.25, -0.2) is 0 Å². The molecule has 0 amide bonds. The lowest BCUT2D eigenvalue weighted by molar-refractivity contribution is -0.127. The highest BCUT2D eigenvalue weighted by atomic mass is 79.9. The minimum absolute atomic E-state index is 0.0843. The van der Waals surface area contributed by atoms with Crippen molar-refractivity contribution in [2.45, 2.75) is 16.7 Å². The van der Waals surface area contributed by atoms with E-state index in [-0.39, 0.29) is 17.3 Å². The Bertz CT molecular complexity index is 1070. The van der Waals surface area contributed by atoms with E-state index in [2.05, 4.69) is 38.4 Å².